The quantitative estimate of drug-likeness (QED) is 0.932. The topological polar surface area (TPSA) is 55.6 Å². The number of likely N-dealkylation sites (tertiary alicyclic amines) is 1. The summed E-state index contributed by atoms with van der Waals surface area (Å²) in [4.78, 5) is 13.3. The van der Waals surface area contributed by atoms with Gasteiger partial charge in [0.15, 0.2) is 0 Å². The lowest BCUT2D eigenvalue weighted by Gasteiger charge is -2.29. The highest BCUT2D eigenvalue weighted by atomic mass is 19.4. The monoisotopic (exact) mass is 302 g/mol. The molecule has 1 aliphatic rings. The number of alkyl halides is 3. The summed E-state index contributed by atoms with van der Waals surface area (Å²) in [7, 11) is 1.98. The minimum Gasteiger partial charge on any atom is -0.490 e. The van der Waals surface area contributed by atoms with Crippen molar-refractivity contribution < 1.29 is 22.7 Å². The van der Waals surface area contributed by atoms with E-state index < -0.39 is 17.6 Å². The zero-order valence-electron chi connectivity index (χ0n) is 11.6. The van der Waals surface area contributed by atoms with Crippen LogP contribution in [0.4, 0.5) is 13.2 Å². The summed E-state index contributed by atoms with van der Waals surface area (Å²) in [5.74, 6) is -0.873. The highest BCUT2D eigenvalue weighted by Gasteiger charge is 2.32. The van der Waals surface area contributed by atoms with E-state index in [4.69, 9.17) is 10.5 Å². The minimum absolute atomic E-state index is 0.0354. The molecule has 0 atom stereocenters. The van der Waals surface area contributed by atoms with Crippen LogP contribution in [-0.4, -0.2) is 37.0 Å². The Labute approximate surface area is 120 Å². The van der Waals surface area contributed by atoms with Gasteiger partial charge in [-0.2, -0.15) is 13.2 Å². The van der Waals surface area contributed by atoms with E-state index in [1.54, 1.807) is 0 Å². The predicted octanol–water partition coefficient (Wildman–Crippen LogP) is 2.28. The zero-order valence-corrected chi connectivity index (χ0v) is 11.6. The van der Waals surface area contributed by atoms with Gasteiger partial charge in [-0.3, -0.25) is 4.79 Å². The van der Waals surface area contributed by atoms with Gasteiger partial charge < -0.3 is 15.4 Å². The number of nitrogens with two attached hydrogens (primary N) is 1. The van der Waals surface area contributed by atoms with Gasteiger partial charge in [-0.05, 0) is 38.1 Å². The number of primary amides is 1. The summed E-state index contributed by atoms with van der Waals surface area (Å²) < 4.78 is 44.1. The van der Waals surface area contributed by atoms with Crippen LogP contribution >= 0.6 is 0 Å². The smallest absolute Gasteiger partial charge is 0.416 e. The third-order valence-electron chi connectivity index (χ3n) is 3.49. The first-order valence-electron chi connectivity index (χ1n) is 6.63. The SMILES string of the molecule is CN1CCC(Oc2cc(C(N)=O)cc(C(F)(F)F)c2)CC1. The van der Waals surface area contributed by atoms with Crippen LogP contribution in [0.15, 0.2) is 18.2 Å². The molecule has 0 radical (unpaired) electrons. The van der Waals surface area contributed by atoms with E-state index in [2.05, 4.69) is 4.90 Å². The van der Waals surface area contributed by atoms with Crippen LogP contribution in [-0.2, 0) is 6.18 Å². The number of hydrogen-bond acceptors (Lipinski definition) is 3. The fourth-order valence-electron chi connectivity index (χ4n) is 2.27. The van der Waals surface area contributed by atoms with E-state index in [-0.39, 0.29) is 17.4 Å². The number of piperidine rings is 1. The Morgan fingerprint density at radius 3 is 2.43 bits per heavy atom. The van der Waals surface area contributed by atoms with Gasteiger partial charge in [-0.1, -0.05) is 0 Å². The van der Waals surface area contributed by atoms with Crippen molar-refractivity contribution >= 4 is 5.91 Å². The number of halogens is 3. The molecule has 4 nitrogen and oxygen atoms in total. The standard InChI is InChI=1S/C14H17F3N2O2/c1-19-4-2-11(3-5-19)21-12-7-9(13(18)20)6-10(8-12)14(15,16)17/h6-8,11H,2-5H2,1H3,(H2,18,20). The number of carbonyl (C=O) groups excluding carboxylic acids is 1. The van der Waals surface area contributed by atoms with Gasteiger partial charge >= 0.3 is 6.18 Å². The molecule has 0 bridgehead atoms. The lowest BCUT2D eigenvalue weighted by molar-refractivity contribution is -0.137. The molecule has 2 N–H and O–H groups in total. The molecule has 1 heterocycles. The molecule has 2 rings (SSSR count). The first kappa shape index (κ1) is 15.6. The van der Waals surface area contributed by atoms with Gasteiger partial charge in [0, 0.05) is 18.7 Å². The van der Waals surface area contributed by atoms with Gasteiger partial charge in [0.25, 0.3) is 0 Å². The molecule has 1 fully saturated rings. The largest absolute Gasteiger partial charge is 0.490 e. The molecule has 1 aromatic rings. The maximum absolute atomic E-state index is 12.8. The van der Waals surface area contributed by atoms with Crippen LogP contribution in [0.3, 0.4) is 0 Å². The highest BCUT2D eigenvalue weighted by Crippen LogP contribution is 2.33. The van der Waals surface area contributed by atoms with Crippen molar-refractivity contribution in [2.75, 3.05) is 20.1 Å². The van der Waals surface area contributed by atoms with Gasteiger partial charge in [-0.15, -0.1) is 0 Å². The number of hydrogen-bond donors (Lipinski definition) is 1. The summed E-state index contributed by atoms with van der Waals surface area (Å²) in [6.07, 6.45) is -3.22. The van der Waals surface area contributed by atoms with E-state index >= 15 is 0 Å². The lowest BCUT2D eigenvalue weighted by Crippen LogP contribution is -2.35. The summed E-state index contributed by atoms with van der Waals surface area (Å²) in [5.41, 5.74) is 3.95. The number of benzene rings is 1. The average molecular weight is 302 g/mol. The van der Waals surface area contributed by atoms with E-state index in [0.717, 1.165) is 38.1 Å². The van der Waals surface area contributed by atoms with Crippen molar-refractivity contribution in [1.82, 2.24) is 4.90 Å². The van der Waals surface area contributed by atoms with Crippen molar-refractivity contribution in [1.29, 1.82) is 0 Å². The molecule has 1 aromatic carbocycles. The van der Waals surface area contributed by atoms with Gasteiger partial charge in [0.05, 0.1) is 5.56 Å². The second-order valence-corrected chi connectivity index (χ2v) is 5.23. The number of rotatable bonds is 3. The third-order valence-corrected chi connectivity index (χ3v) is 3.49. The molecular weight excluding hydrogens is 285 g/mol. The molecule has 7 heteroatoms. The van der Waals surface area contributed by atoms with E-state index in [0.29, 0.717) is 0 Å². The Hall–Kier alpha value is -1.76. The number of carbonyl (C=O) groups is 1. The van der Waals surface area contributed by atoms with Crippen LogP contribution < -0.4 is 10.5 Å². The van der Waals surface area contributed by atoms with Crippen LogP contribution in [0, 0.1) is 0 Å². The predicted molar refractivity (Wildman–Crippen MR) is 71.1 cm³/mol. The Morgan fingerprint density at radius 1 is 1.29 bits per heavy atom. The number of ether oxygens (including phenoxy) is 1. The second-order valence-electron chi connectivity index (χ2n) is 5.23. The molecule has 0 aromatic heterocycles. The number of amides is 1. The van der Waals surface area contributed by atoms with Crippen molar-refractivity contribution in [3.63, 3.8) is 0 Å². The third kappa shape index (κ3) is 4.10. The average Bonchev–Trinajstić information content (AvgIpc) is 2.40. The van der Waals surface area contributed by atoms with Gasteiger partial charge in [0.2, 0.25) is 5.91 Å². The molecule has 0 saturated carbocycles. The van der Waals surface area contributed by atoms with Crippen LogP contribution in [0.1, 0.15) is 28.8 Å². The van der Waals surface area contributed by atoms with Crippen molar-refractivity contribution in [3.8, 4) is 5.75 Å². The van der Waals surface area contributed by atoms with Crippen LogP contribution in [0.2, 0.25) is 0 Å². The van der Waals surface area contributed by atoms with Crippen LogP contribution in [0.25, 0.3) is 0 Å². The molecule has 1 aliphatic heterocycles. The summed E-state index contributed by atoms with van der Waals surface area (Å²) in [6.45, 7) is 1.65. The molecule has 0 aliphatic carbocycles. The Bertz CT molecular complexity index is 523. The zero-order chi connectivity index (χ0) is 15.6. The summed E-state index contributed by atoms with van der Waals surface area (Å²) in [6, 6.07) is 2.91. The number of nitrogens with zero attached hydrogens (tertiary/aromatic N) is 1. The Kier molecular flexibility index (Phi) is 4.41. The van der Waals surface area contributed by atoms with Crippen molar-refractivity contribution in [2.24, 2.45) is 5.73 Å². The maximum atomic E-state index is 12.8. The second kappa shape index (κ2) is 5.93. The fraction of sp³-hybridized carbons (Fsp3) is 0.500. The van der Waals surface area contributed by atoms with E-state index in [9.17, 15) is 18.0 Å². The van der Waals surface area contributed by atoms with Crippen molar-refractivity contribution in [2.45, 2.75) is 25.1 Å². The van der Waals surface area contributed by atoms with Gasteiger partial charge in [0.1, 0.15) is 11.9 Å². The van der Waals surface area contributed by atoms with E-state index in [1.807, 2.05) is 7.05 Å². The normalized spacial score (nSPS) is 17.7. The summed E-state index contributed by atoms with van der Waals surface area (Å²) >= 11 is 0. The Morgan fingerprint density at radius 2 is 1.90 bits per heavy atom. The molecule has 1 amide bonds. The first-order chi connectivity index (χ1) is 9.75. The molecule has 116 valence electrons. The summed E-state index contributed by atoms with van der Waals surface area (Å²) in [5, 5.41) is 0. The van der Waals surface area contributed by atoms with Crippen molar-refractivity contribution in [3.05, 3.63) is 29.3 Å². The molecule has 0 spiro atoms. The molecule has 21 heavy (non-hydrogen) atoms. The highest BCUT2D eigenvalue weighted by molar-refractivity contribution is 5.93. The lowest BCUT2D eigenvalue weighted by atomic mass is 10.1. The fourth-order valence-corrected chi connectivity index (χ4v) is 2.27. The first-order valence-corrected chi connectivity index (χ1v) is 6.63. The molecule has 1 saturated heterocycles. The Balaban J connectivity index is 2.22. The maximum Gasteiger partial charge on any atom is 0.416 e. The van der Waals surface area contributed by atoms with Gasteiger partial charge in [-0.25, -0.2) is 0 Å². The van der Waals surface area contributed by atoms with Crippen LogP contribution in [0.5, 0.6) is 5.75 Å². The molecular formula is C14H17F3N2O2. The minimum atomic E-state index is -4.55. The molecule has 0 unspecified atom stereocenters. The van der Waals surface area contributed by atoms with E-state index in [1.165, 1.54) is 6.07 Å².